The Balaban J connectivity index is 1.90. The molecule has 0 radical (unpaired) electrons. The average Bonchev–Trinajstić information content (AvgIpc) is 3.05. The molecule has 0 aromatic heterocycles. The van der Waals surface area contributed by atoms with Crippen LogP contribution in [0.3, 0.4) is 0 Å². The lowest BCUT2D eigenvalue weighted by molar-refractivity contribution is -0.142. The lowest BCUT2D eigenvalue weighted by atomic mass is 9.77. The molecule has 124 valence electrons. The van der Waals surface area contributed by atoms with E-state index in [4.69, 9.17) is 0 Å². The Hall–Kier alpha value is -2.05. The van der Waals surface area contributed by atoms with E-state index in [0.717, 1.165) is 0 Å². The maximum atomic E-state index is 12.6. The molecule has 2 aliphatic heterocycles. The number of fused-ring (bicyclic) bond motifs is 1. The van der Waals surface area contributed by atoms with Gasteiger partial charge in [-0.1, -0.05) is 30.3 Å². The number of rotatable bonds is 3. The fourth-order valence-electron chi connectivity index (χ4n) is 3.59. The quantitative estimate of drug-likeness (QED) is 0.924. The van der Waals surface area contributed by atoms with Crippen molar-refractivity contribution in [1.29, 1.82) is 0 Å². The second-order valence-electron chi connectivity index (χ2n) is 6.16. The van der Waals surface area contributed by atoms with Gasteiger partial charge in [0.1, 0.15) is 6.54 Å². The summed E-state index contributed by atoms with van der Waals surface area (Å²) in [6.07, 6.45) is -3.00. The molecule has 0 unspecified atom stereocenters. The molecular weight excluding hydrogens is 309 g/mol. The summed E-state index contributed by atoms with van der Waals surface area (Å²) in [4.78, 5) is 26.2. The van der Waals surface area contributed by atoms with Crippen molar-refractivity contribution in [3.05, 3.63) is 35.9 Å². The smallest absolute Gasteiger partial charge is 0.346 e. The van der Waals surface area contributed by atoms with Crippen LogP contribution in [0.5, 0.6) is 0 Å². The minimum absolute atomic E-state index is 0.0311. The molecular formula is C16H17F3N2O2. The predicted molar refractivity (Wildman–Crippen MR) is 76.5 cm³/mol. The van der Waals surface area contributed by atoms with E-state index in [1.54, 1.807) is 35.2 Å². The van der Waals surface area contributed by atoms with Gasteiger partial charge in [-0.3, -0.25) is 9.59 Å². The number of alkyl halides is 3. The Labute approximate surface area is 131 Å². The zero-order valence-electron chi connectivity index (χ0n) is 12.4. The van der Waals surface area contributed by atoms with E-state index in [9.17, 15) is 22.8 Å². The van der Waals surface area contributed by atoms with Gasteiger partial charge in [-0.2, -0.15) is 13.2 Å². The summed E-state index contributed by atoms with van der Waals surface area (Å²) in [5, 5.41) is 2.01. The van der Waals surface area contributed by atoms with Gasteiger partial charge in [0.15, 0.2) is 0 Å². The van der Waals surface area contributed by atoms with Gasteiger partial charge < -0.3 is 10.2 Å². The normalized spacial score (nSPS) is 27.2. The van der Waals surface area contributed by atoms with Crippen molar-refractivity contribution < 1.29 is 22.8 Å². The van der Waals surface area contributed by atoms with Crippen LogP contribution in [0.4, 0.5) is 13.2 Å². The first-order chi connectivity index (χ1) is 10.8. The molecule has 23 heavy (non-hydrogen) atoms. The van der Waals surface area contributed by atoms with Crippen molar-refractivity contribution in [1.82, 2.24) is 10.2 Å². The number of amides is 2. The van der Waals surface area contributed by atoms with E-state index in [1.807, 2.05) is 5.32 Å². The number of nitrogens with one attached hydrogen (secondary N) is 1. The van der Waals surface area contributed by atoms with Crippen LogP contribution in [-0.4, -0.2) is 42.0 Å². The number of carbonyl (C=O) groups excluding carboxylic acids is 2. The van der Waals surface area contributed by atoms with Gasteiger partial charge in [0.2, 0.25) is 11.8 Å². The maximum absolute atomic E-state index is 12.6. The first-order valence-electron chi connectivity index (χ1n) is 7.52. The molecule has 0 saturated carbocycles. The monoisotopic (exact) mass is 326 g/mol. The molecule has 0 aliphatic carbocycles. The summed E-state index contributed by atoms with van der Waals surface area (Å²) >= 11 is 0. The van der Waals surface area contributed by atoms with E-state index in [2.05, 4.69) is 0 Å². The van der Waals surface area contributed by atoms with Crippen molar-refractivity contribution in [3.63, 3.8) is 0 Å². The van der Waals surface area contributed by atoms with Gasteiger partial charge in [-0.25, -0.2) is 0 Å². The molecule has 1 aromatic rings. The number of hydrogen-bond donors (Lipinski definition) is 1. The Morgan fingerprint density at radius 2 is 2.00 bits per heavy atom. The first-order valence-corrected chi connectivity index (χ1v) is 7.52. The van der Waals surface area contributed by atoms with E-state index in [-0.39, 0.29) is 18.5 Å². The molecule has 2 amide bonds. The van der Waals surface area contributed by atoms with Crippen LogP contribution in [-0.2, 0) is 15.0 Å². The second kappa shape index (κ2) is 5.54. The highest BCUT2D eigenvalue weighted by atomic mass is 19.4. The number of nitrogens with zero attached hydrogens (tertiary/aromatic N) is 1. The van der Waals surface area contributed by atoms with Crippen molar-refractivity contribution in [2.24, 2.45) is 0 Å². The zero-order valence-corrected chi connectivity index (χ0v) is 12.4. The fraction of sp³-hybridized carbons (Fsp3) is 0.500. The standard InChI is InChI=1S/C16H17F3N2O2/c17-16(18,19)9-20-14(23)15(11-4-2-1-3-5-11)8-12-6-7-13(22)21(12)10-15/h1-5,12H,6-10H2,(H,20,23)/t12-,15-/m0/s1. The summed E-state index contributed by atoms with van der Waals surface area (Å²) in [7, 11) is 0. The lowest BCUT2D eigenvalue weighted by Gasteiger charge is -2.29. The molecule has 2 heterocycles. The Morgan fingerprint density at radius 1 is 1.30 bits per heavy atom. The van der Waals surface area contributed by atoms with Crippen LogP contribution in [0.15, 0.2) is 30.3 Å². The van der Waals surface area contributed by atoms with Crippen LogP contribution in [0.2, 0.25) is 0 Å². The van der Waals surface area contributed by atoms with Crippen molar-refractivity contribution >= 4 is 11.8 Å². The molecule has 1 aromatic carbocycles. The molecule has 2 fully saturated rings. The van der Waals surface area contributed by atoms with E-state index < -0.39 is 24.0 Å². The van der Waals surface area contributed by atoms with Crippen LogP contribution in [0.1, 0.15) is 24.8 Å². The summed E-state index contributed by atoms with van der Waals surface area (Å²) in [6, 6.07) is 8.68. The highest BCUT2D eigenvalue weighted by Crippen LogP contribution is 2.43. The molecule has 3 rings (SSSR count). The molecule has 1 N–H and O–H groups in total. The van der Waals surface area contributed by atoms with Gasteiger partial charge in [0.25, 0.3) is 0 Å². The highest BCUT2D eigenvalue weighted by molar-refractivity contribution is 5.91. The molecule has 2 aliphatic rings. The summed E-state index contributed by atoms with van der Waals surface area (Å²) in [5.74, 6) is -0.695. The fourth-order valence-corrected chi connectivity index (χ4v) is 3.59. The highest BCUT2D eigenvalue weighted by Gasteiger charge is 2.53. The third-order valence-electron chi connectivity index (χ3n) is 4.69. The number of carbonyl (C=O) groups is 2. The minimum atomic E-state index is -4.46. The number of halogens is 3. The molecule has 4 nitrogen and oxygen atoms in total. The van der Waals surface area contributed by atoms with Crippen LogP contribution >= 0.6 is 0 Å². The van der Waals surface area contributed by atoms with Gasteiger partial charge >= 0.3 is 6.18 Å². The van der Waals surface area contributed by atoms with Crippen LogP contribution in [0.25, 0.3) is 0 Å². The van der Waals surface area contributed by atoms with E-state index >= 15 is 0 Å². The minimum Gasteiger partial charge on any atom is -0.346 e. The van der Waals surface area contributed by atoms with Crippen molar-refractivity contribution in [2.75, 3.05) is 13.1 Å². The van der Waals surface area contributed by atoms with E-state index in [0.29, 0.717) is 24.8 Å². The molecule has 0 bridgehead atoms. The van der Waals surface area contributed by atoms with Gasteiger partial charge in [0.05, 0.1) is 5.41 Å². The SMILES string of the molecule is O=C1CC[C@H]2C[C@@](C(=O)NCC(F)(F)F)(c3ccccc3)CN12. The van der Waals surface area contributed by atoms with Crippen molar-refractivity contribution in [2.45, 2.75) is 36.9 Å². The van der Waals surface area contributed by atoms with Crippen molar-refractivity contribution in [3.8, 4) is 0 Å². The van der Waals surface area contributed by atoms with Crippen LogP contribution in [0, 0.1) is 0 Å². The second-order valence-corrected chi connectivity index (χ2v) is 6.16. The molecule has 0 spiro atoms. The number of hydrogen-bond acceptors (Lipinski definition) is 2. The Morgan fingerprint density at radius 3 is 2.61 bits per heavy atom. The largest absolute Gasteiger partial charge is 0.405 e. The van der Waals surface area contributed by atoms with Crippen LogP contribution < -0.4 is 5.32 Å². The molecule has 2 atom stereocenters. The Bertz CT molecular complexity index is 618. The third kappa shape index (κ3) is 2.92. The lowest BCUT2D eigenvalue weighted by Crippen LogP contribution is -2.49. The summed E-state index contributed by atoms with van der Waals surface area (Å²) in [5.41, 5.74) is -0.449. The summed E-state index contributed by atoms with van der Waals surface area (Å²) in [6.45, 7) is -1.22. The van der Waals surface area contributed by atoms with Gasteiger partial charge in [0, 0.05) is 19.0 Å². The molecule has 2 saturated heterocycles. The summed E-state index contributed by atoms with van der Waals surface area (Å²) < 4.78 is 37.3. The van der Waals surface area contributed by atoms with E-state index in [1.165, 1.54) is 0 Å². The predicted octanol–water partition coefficient (Wildman–Crippen LogP) is 2.00. The van der Waals surface area contributed by atoms with Gasteiger partial charge in [-0.05, 0) is 18.4 Å². The van der Waals surface area contributed by atoms with Gasteiger partial charge in [-0.15, -0.1) is 0 Å². The number of benzene rings is 1. The molecule has 7 heteroatoms. The maximum Gasteiger partial charge on any atom is 0.405 e. The first kappa shape index (κ1) is 15.8. The Kier molecular flexibility index (Phi) is 3.82. The third-order valence-corrected chi connectivity index (χ3v) is 4.69. The average molecular weight is 326 g/mol. The zero-order chi connectivity index (χ0) is 16.7. The topological polar surface area (TPSA) is 49.4 Å².